The molecule has 0 spiro atoms. The molecule has 0 radical (unpaired) electrons. The van der Waals surface area contributed by atoms with Crippen LogP contribution in [0.5, 0.6) is 0 Å². The Morgan fingerprint density at radius 2 is 1.90 bits per heavy atom. The van der Waals surface area contributed by atoms with Gasteiger partial charge in [0.15, 0.2) is 5.69 Å². The first-order chi connectivity index (χ1) is 13.3. The maximum Gasteiger partial charge on any atom is 0.434 e. The number of nitrogens with one attached hydrogen (secondary N) is 1. The van der Waals surface area contributed by atoms with Crippen LogP contribution in [0.2, 0.25) is 0 Å². The molecule has 29 heavy (non-hydrogen) atoms. The molecule has 3 rings (SSSR count). The quantitative estimate of drug-likeness (QED) is 0.696. The fraction of sp³-hybridized carbons (Fsp3) is 0.474. The van der Waals surface area contributed by atoms with Gasteiger partial charge < -0.3 is 11.1 Å². The second-order valence-corrected chi connectivity index (χ2v) is 6.98. The van der Waals surface area contributed by atoms with E-state index in [1.807, 2.05) is 0 Å². The predicted molar refractivity (Wildman–Crippen MR) is 103 cm³/mol. The molecular weight excluding hydrogens is 412 g/mol. The van der Waals surface area contributed by atoms with E-state index in [0.717, 1.165) is 44.4 Å². The van der Waals surface area contributed by atoms with Crippen LogP contribution >= 0.6 is 12.4 Å². The highest BCUT2D eigenvalue weighted by Crippen LogP contribution is 2.34. The third kappa shape index (κ3) is 5.08. The Morgan fingerprint density at radius 1 is 1.24 bits per heavy atom. The van der Waals surface area contributed by atoms with Crippen LogP contribution in [-0.4, -0.2) is 28.3 Å². The molecule has 1 unspecified atom stereocenters. The van der Waals surface area contributed by atoms with E-state index in [0.29, 0.717) is 4.68 Å². The molecule has 1 fully saturated rings. The summed E-state index contributed by atoms with van der Waals surface area (Å²) in [6, 6.07) is 4.55. The van der Waals surface area contributed by atoms with Gasteiger partial charge in [-0.05, 0) is 30.9 Å². The average molecular weight is 435 g/mol. The zero-order valence-electron chi connectivity index (χ0n) is 15.6. The molecule has 1 aromatic heterocycles. The van der Waals surface area contributed by atoms with Gasteiger partial charge in [0.1, 0.15) is 11.5 Å². The SMILES string of the molecule is Cl.NCC(NC(=O)c1cnn(-c2ccccc2F)c1C(F)(F)F)C1CCCCC1. The summed E-state index contributed by atoms with van der Waals surface area (Å²) in [4.78, 5) is 12.6. The number of alkyl halides is 3. The summed E-state index contributed by atoms with van der Waals surface area (Å²) in [5.41, 5.74) is 3.43. The maximum atomic E-state index is 14.0. The molecule has 0 saturated heterocycles. The third-order valence-corrected chi connectivity index (χ3v) is 5.15. The fourth-order valence-corrected chi connectivity index (χ4v) is 3.75. The number of nitrogens with zero attached hydrogens (tertiary/aromatic N) is 2. The van der Waals surface area contributed by atoms with Crippen molar-refractivity contribution in [2.75, 3.05) is 6.54 Å². The number of nitrogens with two attached hydrogens (primary N) is 1. The van der Waals surface area contributed by atoms with E-state index in [9.17, 15) is 22.4 Å². The molecular formula is C19H23ClF4N4O. The van der Waals surface area contributed by atoms with Crippen molar-refractivity contribution in [3.05, 3.63) is 47.5 Å². The minimum absolute atomic E-state index is 0. The van der Waals surface area contributed by atoms with Crippen molar-refractivity contribution in [3.63, 3.8) is 0 Å². The molecule has 1 heterocycles. The van der Waals surface area contributed by atoms with Crippen LogP contribution in [0.1, 0.15) is 48.2 Å². The maximum absolute atomic E-state index is 14.0. The number of hydrogen-bond donors (Lipinski definition) is 2. The van der Waals surface area contributed by atoms with Crippen molar-refractivity contribution in [2.45, 2.75) is 44.3 Å². The van der Waals surface area contributed by atoms with Gasteiger partial charge in [-0.3, -0.25) is 4.79 Å². The molecule has 2 aromatic rings. The molecule has 1 aromatic carbocycles. The van der Waals surface area contributed by atoms with Gasteiger partial charge in [-0.25, -0.2) is 9.07 Å². The average Bonchev–Trinajstić information content (AvgIpc) is 3.12. The Bertz CT molecular complexity index is 834. The minimum atomic E-state index is -4.89. The van der Waals surface area contributed by atoms with Crippen molar-refractivity contribution >= 4 is 18.3 Å². The van der Waals surface area contributed by atoms with Gasteiger partial charge in [0.25, 0.3) is 5.91 Å². The number of benzene rings is 1. The summed E-state index contributed by atoms with van der Waals surface area (Å²) in [5.74, 6) is -1.64. The zero-order chi connectivity index (χ0) is 20.3. The number of rotatable bonds is 5. The van der Waals surface area contributed by atoms with E-state index in [2.05, 4.69) is 10.4 Å². The first-order valence-electron chi connectivity index (χ1n) is 9.24. The van der Waals surface area contributed by atoms with Crippen LogP contribution in [0, 0.1) is 11.7 Å². The lowest BCUT2D eigenvalue weighted by molar-refractivity contribution is -0.143. The fourth-order valence-electron chi connectivity index (χ4n) is 3.75. The number of para-hydroxylation sites is 1. The lowest BCUT2D eigenvalue weighted by Gasteiger charge is -2.30. The summed E-state index contributed by atoms with van der Waals surface area (Å²) in [6.07, 6.45) is 0.806. The highest BCUT2D eigenvalue weighted by atomic mass is 35.5. The van der Waals surface area contributed by atoms with E-state index in [1.54, 1.807) is 0 Å². The zero-order valence-corrected chi connectivity index (χ0v) is 16.4. The first-order valence-corrected chi connectivity index (χ1v) is 9.24. The second kappa shape index (κ2) is 9.58. The Balaban J connectivity index is 0.00000300. The van der Waals surface area contributed by atoms with E-state index < -0.39 is 35.2 Å². The van der Waals surface area contributed by atoms with Crippen molar-refractivity contribution in [1.29, 1.82) is 0 Å². The van der Waals surface area contributed by atoms with Gasteiger partial charge in [0, 0.05) is 12.6 Å². The summed E-state index contributed by atoms with van der Waals surface area (Å²) in [7, 11) is 0. The van der Waals surface area contributed by atoms with Crippen LogP contribution in [0.25, 0.3) is 5.69 Å². The van der Waals surface area contributed by atoms with Crippen LogP contribution in [0.15, 0.2) is 30.5 Å². The number of carbonyl (C=O) groups excluding carboxylic acids is 1. The molecule has 10 heteroatoms. The molecule has 1 aliphatic carbocycles. The van der Waals surface area contributed by atoms with Crippen molar-refractivity contribution in [3.8, 4) is 5.69 Å². The number of aromatic nitrogens is 2. The summed E-state index contributed by atoms with van der Waals surface area (Å²) in [5, 5.41) is 6.28. The van der Waals surface area contributed by atoms with Crippen LogP contribution in [0.3, 0.4) is 0 Å². The normalized spacial score (nSPS) is 16.2. The third-order valence-electron chi connectivity index (χ3n) is 5.15. The number of hydrogen-bond acceptors (Lipinski definition) is 3. The van der Waals surface area contributed by atoms with Crippen molar-refractivity contribution in [1.82, 2.24) is 15.1 Å². The molecule has 5 nitrogen and oxygen atoms in total. The number of amides is 1. The molecule has 3 N–H and O–H groups in total. The lowest BCUT2D eigenvalue weighted by Crippen LogP contribution is -2.46. The van der Waals surface area contributed by atoms with Gasteiger partial charge >= 0.3 is 6.18 Å². The lowest BCUT2D eigenvalue weighted by atomic mass is 9.84. The van der Waals surface area contributed by atoms with E-state index in [1.165, 1.54) is 18.2 Å². The molecule has 1 saturated carbocycles. The molecule has 160 valence electrons. The largest absolute Gasteiger partial charge is 0.434 e. The summed E-state index contributed by atoms with van der Waals surface area (Å²) < 4.78 is 55.6. The van der Waals surface area contributed by atoms with Gasteiger partial charge in [-0.15, -0.1) is 12.4 Å². The first kappa shape index (κ1) is 23.2. The molecule has 1 atom stereocenters. The Labute approximate surface area is 172 Å². The van der Waals surface area contributed by atoms with Gasteiger partial charge in [0.05, 0.1) is 11.8 Å². The van der Waals surface area contributed by atoms with Gasteiger partial charge in [-0.2, -0.15) is 18.3 Å². The number of halogens is 5. The van der Waals surface area contributed by atoms with Gasteiger partial charge in [0.2, 0.25) is 0 Å². The van der Waals surface area contributed by atoms with E-state index >= 15 is 0 Å². The Kier molecular flexibility index (Phi) is 7.65. The second-order valence-electron chi connectivity index (χ2n) is 6.98. The van der Waals surface area contributed by atoms with Crippen LogP contribution < -0.4 is 11.1 Å². The van der Waals surface area contributed by atoms with E-state index in [4.69, 9.17) is 5.73 Å². The predicted octanol–water partition coefficient (Wildman–Crippen LogP) is 4.09. The highest BCUT2D eigenvalue weighted by molar-refractivity contribution is 5.95. The number of carbonyl (C=O) groups is 1. The highest BCUT2D eigenvalue weighted by Gasteiger charge is 2.41. The molecule has 1 aliphatic rings. The molecule has 0 bridgehead atoms. The minimum Gasteiger partial charge on any atom is -0.348 e. The summed E-state index contributed by atoms with van der Waals surface area (Å²) in [6.45, 7) is 0.138. The topological polar surface area (TPSA) is 72.9 Å². The molecule has 0 aliphatic heterocycles. The van der Waals surface area contributed by atoms with Crippen molar-refractivity contribution in [2.24, 2.45) is 11.7 Å². The van der Waals surface area contributed by atoms with Crippen molar-refractivity contribution < 1.29 is 22.4 Å². The van der Waals surface area contributed by atoms with E-state index in [-0.39, 0.29) is 30.6 Å². The van der Waals surface area contributed by atoms with Crippen LogP contribution in [0.4, 0.5) is 17.6 Å². The summed E-state index contributed by atoms with van der Waals surface area (Å²) >= 11 is 0. The Hall–Kier alpha value is -2.13. The monoisotopic (exact) mass is 434 g/mol. The van der Waals surface area contributed by atoms with Gasteiger partial charge in [-0.1, -0.05) is 31.4 Å². The smallest absolute Gasteiger partial charge is 0.348 e. The van der Waals surface area contributed by atoms with Crippen LogP contribution in [-0.2, 0) is 6.18 Å². The molecule has 1 amide bonds. The standard InChI is InChI=1S/C19H22F4N4O.ClH/c20-14-8-4-5-9-16(14)27-17(19(21,22)23)13(11-25-27)18(28)26-15(10-24)12-6-2-1-3-7-12;/h4-5,8-9,11-12,15H,1-3,6-7,10,24H2,(H,26,28);1H. The Morgan fingerprint density at radius 3 is 2.48 bits per heavy atom.